The molecule has 2 atom stereocenters. The summed E-state index contributed by atoms with van der Waals surface area (Å²) in [5.41, 5.74) is 0.934. The highest BCUT2D eigenvalue weighted by atomic mass is 19.4. The Bertz CT molecular complexity index is 697. The Hall–Kier alpha value is -1.75. The fourth-order valence-corrected chi connectivity index (χ4v) is 3.42. The van der Waals surface area contributed by atoms with Crippen molar-refractivity contribution < 1.29 is 17.9 Å². The van der Waals surface area contributed by atoms with Gasteiger partial charge in [-0.3, -0.25) is 0 Å². The molecule has 0 bridgehead atoms. The molecule has 2 aromatic carbocycles. The molecule has 1 fully saturated rings. The first kappa shape index (κ1) is 13.0. The number of anilines is 1. The lowest BCUT2D eigenvalue weighted by molar-refractivity contribution is -0.238. The van der Waals surface area contributed by atoms with Crippen LogP contribution in [0.3, 0.4) is 0 Å². The summed E-state index contributed by atoms with van der Waals surface area (Å²) in [6.07, 6.45) is -5.16. The van der Waals surface area contributed by atoms with E-state index >= 15 is 0 Å². The second kappa shape index (κ2) is 4.37. The first-order valence-electron chi connectivity index (χ1n) is 7.06. The third kappa shape index (κ3) is 1.91. The second-order valence-electron chi connectivity index (χ2n) is 5.57. The standard InChI is InChI=1S/C16H14F3NO/c17-16(18,19)15-12-8-7-10-4-1-2-5-11(10)14(12)20-9-3-6-13(20)21-15/h1-2,4-5,7-8,13,15H,3,6,9H2. The van der Waals surface area contributed by atoms with E-state index in [1.54, 1.807) is 12.1 Å². The van der Waals surface area contributed by atoms with Gasteiger partial charge in [-0.25, -0.2) is 0 Å². The van der Waals surface area contributed by atoms with Gasteiger partial charge < -0.3 is 9.64 Å². The smallest absolute Gasteiger partial charge is 0.345 e. The maximum absolute atomic E-state index is 13.3. The predicted molar refractivity (Wildman–Crippen MR) is 74.2 cm³/mol. The molecule has 5 heteroatoms. The van der Waals surface area contributed by atoms with Crippen LogP contribution < -0.4 is 4.90 Å². The fourth-order valence-electron chi connectivity index (χ4n) is 3.42. The maximum Gasteiger partial charge on any atom is 0.419 e. The van der Waals surface area contributed by atoms with Crippen LogP contribution >= 0.6 is 0 Å². The molecule has 0 saturated carbocycles. The van der Waals surface area contributed by atoms with Crippen molar-refractivity contribution in [3.8, 4) is 0 Å². The monoisotopic (exact) mass is 293 g/mol. The number of fused-ring (bicyclic) bond motifs is 5. The van der Waals surface area contributed by atoms with Crippen molar-refractivity contribution in [2.45, 2.75) is 31.3 Å². The van der Waals surface area contributed by atoms with Gasteiger partial charge in [-0.1, -0.05) is 36.4 Å². The van der Waals surface area contributed by atoms with Gasteiger partial charge in [-0.15, -0.1) is 0 Å². The average Bonchev–Trinajstić information content (AvgIpc) is 2.93. The minimum atomic E-state index is -4.38. The van der Waals surface area contributed by atoms with Gasteiger partial charge in [-0.2, -0.15) is 13.2 Å². The number of hydrogen-bond acceptors (Lipinski definition) is 2. The van der Waals surface area contributed by atoms with Crippen molar-refractivity contribution >= 4 is 16.5 Å². The molecule has 0 N–H and O–H groups in total. The highest BCUT2D eigenvalue weighted by Gasteiger charge is 2.49. The van der Waals surface area contributed by atoms with Crippen molar-refractivity contribution in [1.82, 2.24) is 0 Å². The number of benzene rings is 2. The van der Waals surface area contributed by atoms with Gasteiger partial charge in [0.25, 0.3) is 0 Å². The van der Waals surface area contributed by atoms with Crippen LogP contribution in [0.5, 0.6) is 0 Å². The largest absolute Gasteiger partial charge is 0.419 e. The van der Waals surface area contributed by atoms with E-state index in [0.29, 0.717) is 12.1 Å². The van der Waals surface area contributed by atoms with Crippen molar-refractivity contribution in [3.05, 3.63) is 42.0 Å². The summed E-state index contributed by atoms with van der Waals surface area (Å²) in [7, 11) is 0. The van der Waals surface area contributed by atoms with Crippen molar-refractivity contribution in [2.75, 3.05) is 11.4 Å². The van der Waals surface area contributed by atoms with E-state index in [-0.39, 0.29) is 5.56 Å². The van der Waals surface area contributed by atoms with E-state index in [1.807, 2.05) is 29.2 Å². The summed E-state index contributed by atoms with van der Waals surface area (Å²) >= 11 is 0. The molecule has 0 radical (unpaired) electrons. The molecule has 21 heavy (non-hydrogen) atoms. The molecule has 110 valence electrons. The van der Waals surface area contributed by atoms with Gasteiger partial charge in [-0.05, 0) is 18.2 Å². The topological polar surface area (TPSA) is 12.5 Å². The van der Waals surface area contributed by atoms with E-state index in [0.717, 1.165) is 23.7 Å². The Morgan fingerprint density at radius 3 is 2.71 bits per heavy atom. The Morgan fingerprint density at radius 1 is 1.10 bits per heavy atom. The highest BCUT2D eigenvalue weighted by Crippen LogP contribution is 2.49. The number of rotatable bonds is 0. The van der Waals surface area contributed by atoms with Crippen LogP contribution in [-0.2, 0) is 4.74 Å². The number of hydrogen-bond donors (Lipinski definition) is 0. The van der Waals surface area contributed by atoms with Crippen molar-refractivity contribution in [1.29, 1.82) is 0 Å². The summed E-state index contributed by atoms with van der Waals surface area (Å²) in [6, 6.07) is 10.9. The summed E-state index contributed by atoms with van der Waals surface area (Å²) in [5, 5.41) is 1.84. The molecule has 0 amide bonds. The molecular weight excluding hydrogens is 279 g/mol. The van der Waals surface area contributed by atoms with Crippen LogP contribution in [0, 0.1) is 0 Å². The van der Waals surface area contributed by atoms with Gasteiger partial charge in [0.1, 0.15) is 6.23 Å². The second-order valence-corrected chi connectivity index (χ2v) is 5.57. The molecule has 0 spiro atoms. The predicted octanol–water partition coefficient (Wildman–Crippen LogP) is 4.40. The van der Waals surface area contributed by atoms with E-state index in [1.165, 1.54) is 0 Å². The van der Waals surface area contributed by atoms with Gasteiger partial charge in [0, 0.05) is 17.5 Å². The van der Waals surface area contributed by atoms with Crippen LogP contribution in [0.1, 0.15) is 24.5 Å². The Labute approximate surface area is 120 Å². The maximum atomic E-state index is 13.3. The average molecular weight is 293 g/mol. The SMILES string of the molecule is FC(F)(F)C1OC2CCCN2c2c1ccc1ccccc21. The Kier molecular flexibility index (Phi) is 2.70. The molecule has 2 aromatic rings. The normalized spacial score (nSPS) is 25.0. The van der Waals surface area contributed by atoms with Crippen LogP contribution in [0.4, 0.5) is 18.9 Å². The molecule has 2 aliphatic heterocycles. The zero-order valence-corrected chi connectivity index (χ0v) is 11.2. The summed E-state index contributed by atoms with van der Waals surface area (Å²) in [6.45, 7) is 0.746. The molecule has 4 rings (SSSR count). The van der Waals surface area contributed by atoms with E-state index in [4.69, 9.17) is 4.74 Å². The summed E-state index contributed by atoms with van der Waals surface area (Å²) in [4.78, 5) is 1.99. The zero-order valence-electron chi connectivity index (χ0n) is 11.2. The third-order valence-electron chi connectivity index (χ3n) is 4.29. The first-order chi connectivity index (χ1) is 10.1. The number of alkyl halides is 3. The zero-order chi connectivity index (χ0) is 14.6. The quantitative estimate of drug-likeness (QED) is 0.714. The van der Waals surface area contributed by atoms with E-state index in [9.17, 15) is 13.2 Å². The summed E-state index contributed by atoms with van der Waals surface area (Å²) in [5.74, 6) is 0. The van der Waals surface area contributed by atoms with Crippen LogP contribution in [0.15, 0.2) is 36.4 Å². The molecular formula is C16H14F3NO. The lowest BCUT2D eigenvalue weighted by atomic mass is 9.97. The number of ether oxygens (including phenoxy) is 1. The van der Waals surface area contributed by atoms with Crippen LogP contribution in [0.25, 0.3) is 10.8 Å². The van der Waals surface area contributed by atoms with E-state index < -0.39 is 18.5 Å². The lowest BCUT2D eigenvalue weighted by Gasteiger charge is -2.39. The molecule has 2 nitrogen and oxygen atoms in total. The van der Waals surface area contributed by atoms with Crippen molar-refractivity contribution in [3.63, 3.8) is 0 Å². The minimum Gasteiger partial charge on any atom is -0.345 e. The molecule has 2 heterocycles. The number of nitrogens with zero attached hydrogens (tertiary/aromatic N) is 1. The van der Waals surface area contributed by atoms with Gasteiger partial charge in [0.05, 0.1) is 5.69 Å². The van der Waals surface area contributed by atoms with Gasteiger partial charge >= 0.3 is 6.18 Å². The van der Waals surface area contributed by atoms with Gasteiger partial charge in [0.2, 0.25) is 0 Å². The third-order valence-corrected chi connectivity index (χ3v) is 4.29. The molecule has 2 aliphatic rings. The van der Waals surface area contributed by atoms with Crippen LogP contribution in [-0.4, -0.2) is 18.9 Å². The Morgan fingerprint density at radius 2 is 1.90 bits per heavy atom. The van der Waals surface area contributed by atoms with Crippen molar-refractivity contribution in [2.24, 2.45) is 0 Å². The molecule has 0 aliphatic carbocycles. The molecule has 2 unspecified atom stereocenters. The summed E-state index contributed by atoms with van der Waals surface area (Å²) < 4.78 is 45.4. The Balaban J connectivity index is 1.99. The van der Waals surface area contributed by atoms with E-state index in [2.05, 4.69) is 0 Å². The first-order valence-corrected chi connectivity index (χ1v) is 7.06. The lowest BCUT2D eigenvalue weighted by Crippen LogP contribution is -2.42. The molecule has 0 aromatic heterocycles. The van der Waals surface area contributed by atoms with Gasteiger partial charge in [0.15, 0.2) is 6.10 Å². The minimum absolute atomic E-state index is 0.236. The fraction of sp³-hybridized carbons (Fsp3) is 0.375. The highest BCUT2D eigenvalue weighted by molar-refractivity contribution is 5.96. The molecule has 1 saturated heterocycles. The number of halogens is 3. The van der Waals surface area contributed by atoms with Crippen LogP contribution in [0.2, 0.25) is 0 Å².